The molecule has 4 heteroatoms. The number of nitrogens with one attached hydrogen (secondary N) is 1. The van der Waals surface area contributed by atoms with Gasteiger partial charge >= 0.3 is 0 Å². The molecule has 1 N–H and O–H groups in total. The van der Waals surface area contributed by atoms with Gasteiger partial charge in [0.1, 0.15) is 0 Å². The van der Waals surface area contributed by atoms with Crippen LogP contribution >= 0.6 is 11.3 Å². The molecule has 0 atom stereocenters. The summed E-state index contributed by atoms with van der Waals surface area (Å²) in [4.78, 5) is 16.7. The zero-order chi connectivity index (χ0) is 10.6. The highest BCUT2D eigenvalue weighted by Crippen LogP contribution is 2.10. The van der Waals surface area contributed by atoms with Gasteiger partial charge in [-0.05, 0) is 6.92 Å². The van der Waals surface area contributed by atoms with Gasteiger partial charge in [-0.15, -0.1) is 11.3 Å². The minimum absolute atomic E-state index is 0.0630. The lowest BCUT2D eigenvalue weighted by Gasteiger charge is -2.05. The van der Waals surface area contributed by atoms with Crippen molar-refractivity contribution >= 4 is 17.2 Å². The van der Waals surface area contributed by atoms with Crippen LogP contribution in [0.2, 0.25) is 0 Å². The highest BCUT2D eigenvalue weighted by Gasteiger charge is 2.05. The Labute approximate surface area is 88.6 Å². The smallest absolute Gasteiger partial charge is 0.222 e. The number of aryl methyl sites for hydroxylation is 1. The number of nitrogens with zero attached hydrogens (tertiary/aromatic N) is 1. The van der Waals surface area contributed by atoms with Crippen molar-refractivity contribution < 1.29 is 4.79 Å². The fourth-order valence-corrected chi connectivity index (χ4v) is 1.80. The van der Waals surface area contributed by atoms with Crippen molar-refractivity contribution in [3.05, 3.63) is 16.1 Å². The molecule has 14 heavy (non-hydrogen) atoms. The molecule has 0 bridgehead atoms. The Morgan fingerprint density at radius 1 is 1.64 bits per heavy atom. The molecule has 1 aromatic heterocycles. The van der Waals surface area contributed by atoms with Crippen LogP contribution in [0.4, 0.5) is 0 Å². The van der Waals surface area contributed by atoms with Crippen molar-refractivity contribution in [2.45, 2.75) is 27.2 Å². The average molecular weight is 212 g/mol. The first-order valence-corrected chi connectivity index (χ1v) is 5.60. The normalized spacial score (nSPS) is 10.6. The van der Waals surface area contributed by atoms with Crippen LogP contribution in [0.1, 0.15) is 23.7 Å². The monoisotopic (exact) mass is 212 g/mol. The van der Waals surface area contributed by atoms with Crippen molar-refractivity contribution in [1.29, 1.82) is 0 Å². The van der Waals surface area contributed by atoms with Gasteiger partial charge in [0.2, 0.25) is 5.91 Å². The molecule has 1 aromatic rings. The molecule has 0 spiro atoms. The van der Waals surface area contributed by atoms with Crippen molar-refractivity contribution in [3.63, 3.8) is 0 Å². The quantitative estimate of drug-likeness (QED) is 0.826. The maximum Gasteiger partial charge on any atom is 0.222 e. The SMILES string of the molecule is Cc1cnc(CCNC(=O)C(C)C)s1. The van der Waals surface area contributed by atoms with E-state index in [-0.39, 0.29) is 11.8 Å². The highest BCUT2D eigenvalue weighted by atomic mass is 32.1. The molecule has 0 saturated carbocycles. The summed E-state index contributed by atoms with van der Waals surface area (Å²) in [7, 11) is 0. The third kappa shape index (κ3) is 3.46. The minimum Gasteiger partial charge on any atom is -0.355 e. The van der Waals surface area contributed by atoms with Crippen LogP contribution in [0.25, 0.3) is 0 Å². The first kappa shape index (κ1) is 11.2. The van der Waals surface area contributed by atoms with Gasteiger partial charge in [0.15, 0.2) is 0 Å². The van der Waals surface area contributed by atoms with Crippen LogP contribution in [-0.2, 0) is 11.2 Å². The van der Waals surface area contributed by atoms with E-state index in [9.17, 15) is 4.79 Å². The first-order chi connectivity index (χ1) is 6.59. The maximum atomic E-state index is 11.2. The number of aromatic nitrogens is 1. The van der Waals surface area contributed by atoms with E-state index >= 15 is 0 Å². The lowest BCUT2D eigenvalue weighted by atomic mass is 10.2. The fraction of sp³-hybridized carbons (Fsp3) is 0.600. The highest BCUT2D eigenvalue weighted by molar-refractivity contribution is 7.11. The summed E-state index contributed by atoms with van der Waals surface area (Å²) in [6, 6.07) is 0. The van der Waals surface area contributed by atoms with Crippen LogP contribution in [-0.4, -0.2) is 17.4 Å². The predicted molar refractivity (Wildman–Crippen MR) is 58.4 cm³/mol. The van der Waals surface area contributed by atoms with Gasteiger partial charge in [-0.3, -0.25) is 4.79 Å². The number of amides is 1. The predicted octanol–water partition coefficient (Wildman–Crippen LogP) is 1.77. The van der Waals surface area contributed by atoms with E-state index in [1.165, 1.54) is 4.88 Å². The van der Waals surface area contributed by atoms with Gasteiger partial charge < -0.3 is 5.32 Å². The molecular formula is C10H16N2OS. The number of hydrogen-bond donors (Lipinski definition) is 1. The first-order valence-electron chi connectivity index (χ1n) is 4.78. The number of carbonyl (C=O) groups is 1. The molecule has 1 amide bonds. The summed E-state index contributed by atoms with van der Waals surface area (Å²) in [5.74, 6) is 0.173. The lowest BCUT2D eigenvalue weighted by molar-refractivity contribution is -0.123. The third-order valence-electron chi connectivity index (χ3n) is 1.83. The summed E-state index contributed by atoms with van der Waals surface area (Å²) >= 11 is 1.69. The van der Waals surface area contributed by atoms with E-state index in [2.05, 4.69) is 10.3 Å². The van der Waals surface area contributed by atoms with Crippen LogP contribution in [0.15, 0.2) is 6.20 Å². The van der Waals surface area contributed by atoms with Crippen molar-refractivity contribution in [2.24, 2.45) is 5.92 Å². The largest absolute Gasteiger partial charge is 0.355 e. The molecule has 0 aliphatic carbocycles. The second kappa shape index (κ2) is 5.10. The van der Waals surface area contributed by atoms with Gasteiger partial charge in [-0.2, -0.15) is 0 Å². The Morgan fingerprint density at radius 2 is 2.36 bits per heavy atom. The standard InChI is InChI=1S/C10H16N2OS/c1-7(2)10(13)11-5-4-9-12-6-8(3)14-9/h6-7H,4-5H2,1-3H3,(H,11,13). The van der Waals surface area contributed by atoms with Crippen LogP contribution in [0.5, 0.6) is 0 Å². The Balaban J connectivity index is 2.25. The molecule has 0 radical (unpaired) electrons. The summed E-state index contributed by atoms with van der Waals surface area (Å²) in [6.07, 6.45) is 2.70. The van der Waals surface area contributed by atoms with Gasteiger partial charge in [0.25, 0.3) is 0 Å². The van der Waals surface area contributed by atoms with Gasteiger partial charge in [0, 0.05) is 30.0 Å². The number of thiazole rings is 1. The number of rotatable bonds is 4. The second-order valence-corrected chi connectivity index (χ2v) is 4.88. The van der Waals surface area contributed by atoms with Crippen molar-refractivity contribution in [3.8, 4) is 0 Å². The Kier molecular flexibility index (Phi) is 4.07. The van der Waals surface area contributed by atoms with Crippen LogP contribution in [0, 0.1) is 12.8 Å². The lowest BCUT2D eigenvalue weighted by Crippen LogP contribution is -2.29. The number of hydrogen-bond acceptors (Lipinski definition) is 3. The molecule has 1 heterocycles. The van der Waals surface area contributed by atoms with Gasteiger partial charge in [0.05, 0.1) is 5.01 Å². The van der Waals surface area contributed by atoms with E-state index < -0.39 is 0 Å². The van der Waals surface area contributed by atoms with E-state index in [1.54, 1.807) is 11.3 Å². The molecule has 0 aliphatic heterocycles. The van der Waals surface area contributed by atoms with Gasteiger partial charge in [-0.1, -0.05) is 13.8 Å². The molecule has 78 valence electrons. The molecule has 0 saturated heterocycles. The molecule has 0 aromatic carbocycles. The van der Waals surface area contributed by atoms with E-state index in [0.717, 1.165) is 11.4 Å². The third-order valence-corrected chi connectivity index (χ3v) is 2.80. The Hall–Kier alpha value is -0.900. The molecule has 1 rings (SSSR count). The number of carbonyl (C=O) groups excluding carboxylic acids is 1. The summed E-state index contributed by atoms with van der Waals surface area (Å²) in [5, 5.41) is 3.96. The fourth-order valence-electron chi connectivity index (χ4n) is 1.01. The summed E-state index contributed by atoms with van der Waals surface area (Å²) < 4.78 is 0. The molecule has 0 unspecified atom stereocenters. The van der Waals surface area contributed by atoms with Crippen LogP contribution < -0.4 is 5.32 Å². The maximum absolute atomic E-state index is 11.2. The Morgan fingerprint density at radius 3 is 2.86 bits per heavy atom. The second-order valence-electron chi connectivity index (χ2n) is 3.56. The van der Waals surface area contributed by atoms with E-state index in [1.807, 2.05) is 27.0 Å². The van der Waals surface area contributed by atoms with Crippen molar-refractivity contribution in [1.82, 2.24) is 10.3 Å². The zero-order valence-corrected chi connectivity index (χ0v) is 9.65. The summed E-state index contributed by atoms with van der Waals surface area (Å²) in [5.41, 5.74) is 0. The molecule has 0 aliphatic rings. The molecular weight excluding hydrogens is 196 g/mol. The van der Waals surface area contributed by atoms with Crippen LogP contribution in [0.3, 0.4) is 0 Å². The summed E-state index contributed by atoms with van der Waals surface area (Å²) in [6.45, 7) is 6.50. The van der Waals surface area contributed by atoms with E-state index in [4.69, 9.17) is 0 Å². The molecule has 3 nitrogen and oxygen atoms in total. The van der Waals surface area contributed by atoms with Gasteiger partial charge in [-0.25, -0.2) is 4.98 Å². The molecule has 0 fully saturated rings. The van der Waals surface area contributed by atoms with Crippen molar-refractivity contribution in [2.75, 3.05) is 6.54 Å². The zero-order valence-electron chi connectivity index (χ0n) is 8.83. The van der Waals surface area contributed by atoms with E-state index in [0.29, 0.717) is 6.54 Å². The topological polar surface area (TPSA) is 42.0 Å². The minimum atomic E-state index is 0.0630. The average Bonchev–Trinajstić information content (AvgIpc) is 2.51. The Bertz CT molecular complexity index is 307.